The smallest absolute Gasteiger partial charge is 0.201 e. The van der Waals surface area contributed by atoms with E-state index in [-0.39, 0.29) is 11.9 Å². The van der Waals surface area contributed by atoms with Gasteiger partial charge in [0.25, 0.3) is 0 Å². The summed E-state index contributed by atoms with van der Waals surface area (Å²) in [6.45, 7) is 5.26. The van der Waals surface area contributed by atoms with Gasteiger partial charge in [0.2, 0.25) is 5.88 Å². The van der Waals surface area contributed by atoms with Gasteiger partial charge in [0.15, 0.2) is 0 Å². The maximum absolute atomic E-state index is 11.0. The zero-order valence-electron chi connectivity index (χ0n) is 15.1. The van der Waals surface area contributed by atoms with E-state index >= 15 is 0 Å². The Morgan fingerprint density at radius 2 is 2.12 bits per heavy atom. The number of hydrogen-bond donors (Lipinski definition) is 2. The van der Waals surface area contributed by atoms with Crippen molar-refractivity contribution in [1.82, 2.24) is 4.57 Å². The van der Waals surface area contributed by atoms with E-state index in [1.807, 2.05) is 4.57 Å². The van der Waals surface area contributed by atoms with Crippen LogP contribution in [0, 0.1) is 5.92 Å². The number of aromatic hydroxyl groups is 1. The Labute approximate surface area is 152 Å². The van der Waals surface area contributed by atoms with Crippen LogP contribution in [0.3, 0.4) is 0 Å². The fraction of sp³-hybridized carbons (Fsp3) is 0.550. The molecule has 1 aromatic carbocycles. The van der Waals surface area contributed by atoms with Gasteiger partial charge >= 0.3 is 0 Å². The van der Waals surface area contributed by atoms with Gasteiger partial charge in [-0.1, -0.05) is 0 Å². The maximum atomic E-state index is 11.0. The average Bonchev–Trinajstić information content (AvgIpc) is 3.41. The number of ether oxygens (including phenoxy) is 2. The molecule has 2 N–H and O–H groups in total. The fourth-order valence-corrected chi connectivity index (χ4v) is 4.01. The van der Waals surface area contributed by atoms with Gasteiger partial charge in [-0.15, -0.1) is 0 Å². The highest BCUT2D eigenvalue weighted by Gasteiger charge is 2.31. The summed E-state index contributed by atoms with van der Waals surface area (Å²) in [4.78, 5) is 4.62. The van der Waals surface area contributed by atoms with Crippen molar-refractivity contribution in [1.29, 1.82) is 0 Å². The number of hydrogen-bond acceptors (Lipinski definition) is 5. The van der Waals surface area contributed by atoms with Gasteiger partial charge in [-0.2, -0.15) is 0 Å². The van der Waals surface area contributed by atoms with Crippen LogP contribution in [0.15, 0.2) is 23.2 Å². The largest absolute Gasteiger partial charge is 0.494 e. The van der Waals surface area contributed by atoms with Gasteiger partial charge < -0.3 is 24.5 Å². The molecule has 2 aromatic rings. The summed E-state index contributed by atoms with van der Waals surface area (Å²) in [6.07, 6.45) is 2.63. The molecule has 138 valence electrons. The highest BCUT2D eigenvalue weighted by molar-refractivity contribution is 6.14. The van der Waals surface area contributed by atoms with Crippen LogP contribution < -0.4 is 5.32 Å². The molecular formula is C20H25N3O3. The molecule has 1 atom stereocenters. The quantitative estimate of drug-likeness (QED) is 0.865. The van der Waals surface area contributed by atoms with Crippen molar-refractivity contribution in [3.05, 3.63) is 23.8 Å². The molecule has 6 nitrogen and oxygen atoms in total. The van der Waals surface area contributed by atoms with Crippen molar-refractivity contribution in [2.75, 3.05) is 38.3 Å². The van der Waals surface area contributed by atoms with Gasteiger partial charge in [-0.05, 0) is 43.9 Å². The lowest BCUT2D eigenvalue weighted by Gasteiger charge is -2.29. The number of nitrogens with one attached hydrogen (secondary N) is 1. The second kappa shape index (κ2) is 6.28. The van der Waals surface area contributed by atoms with Crippen LogP contribution in [0.5, 0.6) is 5.88 Å². The third-order valence-electron chi connectivity index (χ3n) is 5.75. The molecule has 3 heterocycles. The summed E-state index contributed by atoms with van der Waals surface area (Å²) in [6, 6.07) is 7.02. The first-order chi connectivity index (χ1) is 12.7. The lowest BCUT2D eigenvalue weighted by Crippen LogP contribution is -2.30. The molecule has 6 heteroatoms. The molecule has 0 bridgehead atoms. The predicted octanol–water partition coefficient (Wildman–Crippen LogP) is 2.95. The van der Waals surface area contributed by atoms with Crippen LogP contribution in [0.4, 0.5) is 5.69 Å². The first-order valence-electron chi connectivity index (χ1n) is 9.55. The second-order valence-corrected chi connectivity index (χ2v) is 7.64. The molecule has 0 spiro atoms. The highest BCUT2D eigenvalue weighted by Crippen LogP contribution is 2.39. The summed E-state index contributed by atoms with van der Waals surface area (Å²) in [5.74, 6) is 1.07. The first-order valence-corrected chi connectivity index (χ1v) is 9.55. The van der Waals surface area contributed by atoms with Gasteiger partial charge in [-0.25, -0.2) is 0 Å². The third-order valence-corrected chi connectivity index (χ3v) is 5.75. The predicted molar refractivity (Wildman–Crippen MR) is 101 cm³/mol. The lowest BCUT2D eigenvalue weighted by atomic mass is 10.1. The van der Waals surface area contributed by atoms with Crippen molar-refractivity contribution in [3.63, 3.8) is 0 Å². The molecule has 0 amide bonds. The molecule has 3 aliphatic rings. The summed E-state index contributed by atoms with van der Waals surface area (Å²) in [5.41, 5.74) is 3.78. The Hall–Kier alpha value is -2.05. The van der Waals surface area contributed by atoms with E-state index in [2.05, 4.69) is 35.4 Å². The SMILES string of the molecule is CC(Nc1ccc2c(c1)c(C1=NCCOC1)c(O)n2C1COC1)C1CC1. The molecule has 1 saturated heterocycles. The molecule has 1 aromatic heterocycles. The Bertz CT molecular complexity index is 865. The second-order valence-electron chi connectivity index (χ2n) is 7.64. The van der Waals surface area contributed by atoms with Crippen molar-refractivity contribution >= 4 is 22.3 Å². The number of aromatic nitrogens is 1. The maximum Gasteiger partial charge on any atom is 0.201 e. The third kappa shape index (κ3) is 2.68. The van der Waals surface area contributed by atoms with Crippen molar-refractivity contribution in [3.8, 4) is 5.88 Å². The highest BCUT2D eigenvalue weighted by atomic mass is 16.5. The molecule has 1 saturated carbocycles. The van der Waals surface area contributed by atoms with Gasteiger partial charge in [0, 0.05) is 17.1 Å². The first kappa shape index (κ1) is 16.1. The zero-order chi connectivity index (χ0) is 17.7. The average molecular weight is 355 g/mol. The fourth-order valence-electron chi connectivity index (χ4n) is 4.01. The van der Waals surface area contributed by atoms with Crippen LogP contribution in [0.2, 0.25) is 0 Å². The molecule has 26 heavy (non-hydrogen) atoms. The Balaban J connectivity index is 1.61. The van der Waals surface area contributed by atoms with E-state index < -0.39 is 0 Å². The van der Waals surface area contributed by atoms with E-state index in [0.29, 0.717) is 39.0 Å². The normalized spacial score (nSPS) is 22.1. The summed E-state index contributed by atoms with van der Waals surface area (Å²) in [5, 5.41) is 15.7. The van der Waals surface area contributed by atoms with E-state index in [1.165, 1.54) is 12.8 Å². The van der Waals surface area contributed by atoms with E-state index in [9.17, 15) is 5.11 Å². The van der Waals surface area contributed by atoms with Crippen molar-refractivity contribution < 1.29 is 14.6 Å². The van der Waals surface area contributed by atoms with Gasteiger partial charge in [0.05, 0.1) is 55.8 Å². The lowest BCUT2D eigenvalue weighted by molar-refractivity contribution is -0.0238. The Kier molecular flexibility index (Phi) is 3.90. The van der Waals surface area contributed by atoms with E-state index in [0.717, 1.165) is 33.8 Å². The Morgan fingerprint density at radius 1 is 1.27 bits per heavy atom. The molecule has 0 radical (unpaired) electrons. The number of nitrogens with zero attached hydrogens (tertiary/aromatic N) is 2. The molecule has 5 rings (SSSR count). The summed E-state index contributed by atoms with van der Waals surface area (Å²) in [7, 11) is 0. The standard InChI is InChI=1S/C20H25N3O3/c1-12(13-2-3-13)22-14-4-5-18-16(8-14)19(17-11-25-7-6-21-17)20(24)23(18)15-9-26-10-15/h4-5,8,12-13,15,22,24H,2-3,6-7,9-11H2,1H3. The molecule has 1 aliphatic carbocycles. The minimum absolute atomic E-state index is 0.181. The monoisotopic (exact) mass is 355 g/mol. The molecule has 2 aliphatic heterocycles. The number of aliphatic imine (C=N–C) groups is 1. The molecular weight excluding hydrogens is 330 g/mol. The number of benzene rings is 1. The minimum Gasteiger partial charge on any atom is -0.494 e. The van der Waals surface area contributed by atoms with Crippen LogP contribution in [-0.2, 0) is 9.47 Å². The molecule has 1 unspecified atom stereocenters. The zero-order valence-corrected chi connectivity index (χ0v) is 15.1. The molecule has 2 fully saturated rings. The summed E-state index contributed by atoms with van der Waals surface area (Å²) < 4.78 is 13.0. The van der Waals surface area contributed by atoms with Crippen LogP contribution in [0.1, 0.15) is 31.4 Å². The van der Waals surface area contributed by atoms with Gasteiger partial charge in [-0.3, -0.25) is 4.99 Å². The van der Waals surface area contributed by atoms with Crippen LogP contribution >= 0.6 is 0 Å². The Morgan fingerprint density at radius 3 is 2.77 bits per heavy atom. The van der Waals surface area contributed by atoms with Gasteiger partial charge in [0.1, 0.15) is 0 Å². The topological polar surface area (TPSA) is 68.0 Å². The van der Waals surface area contributed by atoms with E-state index in [4.69, 9.17) is 9.47 Å². The van der Waals surface area contributed by atoms with Crippen LogP contribution in [-0.4, -0.2) is 54.4 Å². The van der Waals surface area contributed by atoms with Crippen molar-refractivity contribution in [2.45, 2.75) is 31.8 Å². The van der Waals surface area contributed by atoms with E-state index in [1.54, 1.807) is 0 Å². The van der Waals surface area contributed by atoms with Crippen LogP contribution in [0.25, 0.3) is 10.9 Å². The summed E-state index contributed by atoms with van der Waals surface area (Å²) >= 11 is 0. The van der Waals surface area contributed by atoms with Crippen molar-refractivity contribution in [2.24, 2.45) is 10.9 Å². The number of fused-ring (bicyclic) bond motifs is 1. The minimum atomic E-state index is 0.181. The number of rotatable bonds is 5. The number of anilines is 1.